The first-order valence-corrected chi connectivity index (χ1v) is 10.3. The van der Waals surface area contributed by atoms with Crippen molar-refractivity contribution in [1.82, 2.24) is 15.6 Å². The number of aromatic nitrogens is 1. The highest BCUT2D eigenvalue weighted by atomic mass is 19.1. The van der Waals surface area contributed by atoms with Gasteiger partial charge in [0.15, 0.2) is 0 Å². The lowest BCUT2D eigenvalue weighted by Crippen LogP contribution is -2.33. The van der Waals surface area contributed by atoms with Gasteiger partial charge in [-0.1, -0.05) is 0 Å². The van der Waals surface area contributed by atoms with Crippen LogP contribution >= 0.6 is 0 Å². The Balaban J connectivity index is 1.26. The second kappa shape index (κ2) is 9.09. The van der Waals surface area contributed by atoms with Crippen molar-refractivity contribution in [2.75, 3.05) is 18.6 Å². The number of nitrogens with zero attached hydrogens (tertiary/aromatic N) is 1. The van der Waals surface area contributed by atoms with Crippen LogP contribution < -0.4 is 20.3 Å². The molecule has 32 heavy (non-hydrogen) atoms. The van der Waals surface area contributed by atoms with Crippen molar-refractivity contribution in [3.63, 3.8) is 0 Å². The number of ether oxygens (including phenoxy) is 1. The summed E-state index contributed by atoms with van der Waals surface area (Å²) in [7, 11) is 1.53. The van der Waals surface area contributed by atoms with Crippen LogP contribution in [-0.2, 0) is 16.0 Å². The van der Waals surface area contributed by atoms with Crippen molar-refractivity contribution < 1.29 is 23.5 Å². The van der Waals surface area contributed by atoms with Crippen molar-refractivity contribution in [2.45, 2.75) is 25.3 Å². The number of imide groups is 1. The number of benzene rings is 2. The van der Waals surface area contributed by atoms with Gasteiger partial charge in [0, 0.05) is 30.1 Å². The maximum atomic E-state index is 13.5. The number of hydrogen-bond acceptors (Lipinski definition) is 4. The highest BCUT2D eigenvalue weighted by molar-refractivity contribution is 6.21. The quantitative estimate of drug-likeness (QED) is 0.471. The van der Waals surface area contributed by atoms with Gasteiger partial charge in [-0.05, 0) is 60.9 Å². The van der Waals surface area contributed by atoms with Gasteiger partial charge in [0.2, 0.25) is 5.91 Å². The summed E-state index contributed by atoms with van der Waals surface area (Å²) in [6, 6.07) is 9.84. The Labute approximate surface area is 183 Å². The van der Waals surface area contributed by atoms with Gasteiger partial charge in [-0.15, -0.1) is 0 Å². The Kier molecular flexibility index (Phi) is 6.07. The standard InChI is InChI=1S/C23H23FN4O4/c1-32-17-5-3-16(4-6-17)28-22(30)20(27-23(28)31)8-9-21(29)25-11-10-14-13-26-19-7-2-15(24)12-18(14)19/h2-7,12-13,20,26H,8-11H2,1H3,(H,25,29)(H,27,31). The third-order valence-corrected chi connectivity index (χ3v) is 5.46. The van der Waals surface area contributed by atoms with Crippen LogP contribution in [0.15, 0.2) is 48.7 Å². The number of nitrogens with one attached hydrogen (secondary N) is 3. The van der Waals surface area contributed by atoms with Crippen LogP contribution in [0.25, 0.3) is 10.9 Å². The number of aromatic amines is 1. The molecule has 4 amide bonds. The number of halogens is 1. The van der Waals surface area contributed by atoms with E-state index >= 15 is 0 Å². The molecular weight excluding hydrogens is 415 g/mol. The Morgan fingerprint density at radius 2 is 1.97 bits per heavy atom. The molecule has 0 radical (unpaired) electrons. The van der Waals surface area contributed by atoms with E-state index < -0.39 is 18.0 Å². The third kappa shape index (κ3) is 4.41. The Bertz CT molecular complexity index is 1160. The average molecular weight is 438 g/mol. The summed E-state index contributed by atoms with van der Waals surface area (Å²) in [5.41, 5.74) is 2.19. The molecular formula is C23H23FN4O4. The van der Waals surface area contributed by atoms with Crippen LogP contribution in [0.2, 0.25) is 0 Å². The summed E-state index contributed by atoms with van der Waals surface area (Å²) < 4.78 is 18.6. The monoisotopic (exact) mass is 438 g/mol. The maximum Gasteiger partial charge on any atom is 0.329 e. The number of anilines is 1. The number of H-pyrrole nitrogens is 1. The van der Waals surface area contributed by atoms with E-state index in [1.807, 2.05) is 0 Å². The molecule has 1 fully saturated rings. The molecule has 1 aliphatic heterocycles. The minimum Gasteiger partial charge on any atom is -0.497 e. The maximum absolute atomic E-state index is 13.5. The highest BCUT2D eigenvalue weighted by Crippen LogP contribution is 2.24. The molecule has 1 atom stereocenters. The minimum atomic E-state index is -0.757. The summed E-state index contributed by atoms with van der Waals surface area (Å²) in [4.78, 5) is 41.3. The van der Waals surface area contributed by atoms with Gasteiger partial charge in [0.1, 0.15) is 17.6 Å². The normalized spacial score (nSPS) is 15.8. The number of rotatable bonds is 8. The van der Waals surface area contributed by atoms with Gasteiger partial charge in [0.05, 0.1) is 12.8 Å². The summed E-state index contributed by atoms with van der Waals surface area (Å²) in [5.74, 6) is -0.309. The molecule has 3 N–H and O–H groups in total. The van der Waals surface area contributed by atoms with Gasteiger partial charge in [0.25, 0.3) is 5.91 Å². The topological polar surface area (TPSA) is 104 Å². The van der Waals surface area contributed by atoms with Gasteiger partial charge in [-0.3, -0.25) is 9.59 Å². The van der Waals surface area contributed by atoms with E-state index in [0.717, 1.165) is 21.4 Å². The Hall–Kier alpha value is -3.88. The number of carbonyl (C=O) groups excluding carboxylic acids is 3. The molecule has 166 valence electrons. The molecule has 1 aromatic heterocycles. The summed E-state index contributed by atoms with van der Waals surface area (Å²) in [5, 5.41) is 6.22. The second-order valence-electron chi connectivity index (χ2n) is 7.52. The van der Waals surface area contributed by atoms with Crippen LogP contribution in [0.4, 0.5) is 14.9 Å². The lowest BCUT2D eigenvalue weighted by atomic mass is 10.1. The molecule has 1 saturated heterocycles. The molecule has 0 spiro atoms. The molecule has 1 aliphatic rings. The molecule has 0 saturated carbocycles. The van der Waals surface area contributed by atoms with Crippen molar-refractivity contribution >= 4 is 34.4 Å². The number of amides is 4. The molecule has 4 rings (SSSR count). The lowest BCUT2D eigenvalue weighted by Gasteiger charge is -2.13. The van der Waals surface area contributed by atoms with E-state index in [1.54, 1.807) is 36.5 Å². The van der Waals surface area contributed by atoms with Gasteiger partial charge in [-0.2, -0.15) is 0 Å². The van der Waals surface area contributed by atoms with E-state index in [1.165, 1.54) is 19.2 Å². The zero-order valence-electron chi connectivity index (χ0n) is 17.5. The van der Waals surface area contributed by atoms with E-state index in [4.69, 9.17) is 4.74 Å². The Morgan fingerprint density at radius 3 is 2.72 bits per heavy atom. The fourth-order valence-corrected chi connectivity index (χ4v) is 3.76. The molecule has 0 bridgehead atoms. The predicted octanol–water partition coefficient (Wildman–Crippen LogP) is 2.88. The number of carbonyl (C=O) groups is 3. The fourth-order valence-electron chi connectivity index (χ4n) is 3.76. The van der Waals surface area contributed by atoms with Crippen LogP contribution in [0, 0.1) is 5.82 Å². The molecule has 9 heteroatoms. The minimum absolute atomic E-state index is 0.0929. The zero-order valence-corrected chi connectivity index (χ0v) is 17.5. The van der Waals surface area contributed by atoms with E-state index in [-0.39, 0.29) is 24.6 Å². The highest BCUT2D eigenvalue weighted by Gasteiger charge is 2.38. The second-order valence-corrected chi connectivity index (χ2v) is 7.52. The number of hydrogen-bond donors (Lipinski definition) is 3. The first-order chi connectivity index (χ1) is 15.5. The van der Waals surface area contributed by atoms with Crippen LogP contribution in [0.3, 0.4) is 0 Å². The SMILES string of the molecule is COc1ccc(N2C(=O)NC(CCC(=O)NCCc3c[nH]c4ccc(F)cc34)C2=O)cc1. The van der Waals surface area contributed by atoms with Gasteiger partial charge < -0.3 is 20.4 Å². The van der Waals surface area contributed by atoms with E-state index in [2.05, 4.69) is 15.6 Å². The smallest absolute Gasteiger partial charge is 0.329 e. The van der Waals surface area contributed by atoms with Crippen LogP contribution in [0.1, 0.15) is 18.4 Å². The molecule has 0 aliphatic carbocycles. The van der Waals surface area contributed by atoms with Gasteiger partial charge >= 0.3 is 6.03 Å². The average Bonchev–Trinajstić information content (AvgIpc) is 3.31. The van der Waals surface area contributed by atoms with Crippen LogP contribution in [-0.4, -0.2) is 42.5 Å². The fraction of sp³-hybridized carbons (Fsp3) is 0.261. The van der Waals surface area contributed by atoms with E-state index in [0.29, 0.717) is 24.4 Å². The van der Waals surface area contributed by atoms with E-state index in [9.17, 15) is 18.8 Å². The largest absolute Gasteiger partial charge is 0.497 e. The Morgan fingerprint density at radius 1 is 1.19 bits per heavy atom. The first-order valence-electron chi connectivity index (χ1n) is 10.3. The molecule has 8 nitrogen and oxygen atoms in total. The zero-order chi connectivity index (χ0) is 22.7. The summed E-state index contributed by atoms with van der Waals surface area (Å²) in [6.07, 6.45) is 2.63. The van der Waals surface area contributed by atoms with Crippen LogP contribution in [0.5, 0.6) is 5.75 Å². The summed E-state index contributed by atoms with van der Waals surface area (Å²) >= 11 is 0. The molecule has 2 heterocycles. The van der Waals surface area contributed by atoms with Gasteiger partial charge in [-0.25, -0.2) is 14.1 Å². The van der Waals surface area contributed by atoms with Crippen molar-refractivity contribution in [1.29, 1.82) is 0 Å². The predicted molar refractivity (Wildman–Crippen MR) is 117 cm³/mol. The van der Waals surface area contributed by atoms with Crippen molar-refractivity contribution in [3.05, 3.63) is 60.0 Å². The lowest BCUT2D eigenvalue weighted by molar-refractivity contribution is -0.121. The number of methoxy groups -OCH3 is 1. The number of fused-ring (bicyclic) bond motifs is 1. The van der Waals surface area contributed by atoms with Crippen molar-refractivity contribution in [3.8, 4) is 5.75 Å². The number of urea groups is 1. The third-order valence-electron chi connectivity index (χ3n) is 5.46. The first kappa shape index (κ1) is 21.4. The molecule has 3 aromatic rings. The summed E-state index contributed by atoms with van der Waals surface area (Å²) in [6.45, 7) is 0.380. The molecule has 1 unspecified atom stereocenters. The molecule has 2 aromatic carbocycles. The van der Waals surface area contributed by atoms with Crippen molar-refractivity contribution in [2.24, 2.45) is 0 Å².